The van der Waals surface area contributed by atoms with Gasteiger partial charge < -0.3 is 10.1 Å². The fourth-order valence-electron chi connectivity index (χ4n) is 3.73. The van der Waals surface area contributed by atoms with Crippen LogP contribution in [0.2, 0.25) is 0 Å². The second kappa shape index (κ2) is 9.50. The van der Waals surface area contributed by atoms with Crippen LogP contribution in [0.5, 0.6) is 0 Å². The highest BCUT2D eigenvalue weighted by atomic mass is 16.5. The number of hydrogen-bond acceptors (Lipinski definition) is 5. The molecular weight excluding hydrogens is 368 g/mol. The van der Waals surface area contributed by atoms with Crippen LogP contribution in [-0.2, 0) is 11.3 Å². The van der Waals surface area contributed by atoms with Gasteiger partial charge in [0, 0.05) is 37.1 Å². The van der Waals surface area contributed by atoms with E-state index >= 15 is 0 Å². The van der Waals surface area contributed by atoms with Crippen LogP contribution in [0.4, 0.5) is 0 Å². The minimum Gasteiger partial charge on any atom is -0.379 e. The number of aryl methyl sites for hydroxylation is 1. The Morgan fingerprint density at radius 3 is 2.55 bits per heavy atom. The lowest BCUT2D eigenvalue weighted by atomic mass is 10.0. The third kappa shape index (κ3) is 5.03. The second-order valence-electron chi connectivity index (χ2n) is 8.22. The highest BCUT2D eigenvalue weighted by Crippen LogP contribution is 2.17. The maximum absolute atomic E-state index is 13.0. The fourth-order valence-corrected chi connectivity index (χ4v) is 3.73. The lowest BCUT2D eigenvalue weighted by Crippen LogP contribution is -2.55. The minimum atomic E-state index is -0.244. The van der Waals surface area contributed by atoms with Crippen LogP contribution in [0.1, 0.15) is 50.5 Å². The van der Waals surface area contributed by atoms with Crippen molar-refractivity contribution in [1.82, 2.24) is 20.0 Å². The SMILES string of the molecule is CCCCCn1nc(C(=O)NCC(C)(C)N2CCOCC2)c2ccccc2c1=O. The van der Waals surface area contributed by atoms with E-state index in [-0.39, 0.29) is 17.0 Å². The van der Waals surface area contributed by atoms with E-state index in [1.165, 1.54) is 4.68 Å². The normalized spacial score (nSPS) is 15.6. The molecule has 0 saturated carbocycles. The molecule has 1 N–H and O–H groups in total. The molecule has 7 nitrogen and oxygen atoms in total. The van der Waals surface area contributed by atoms with Crippen LogP contribution >= 0.6 is 0 Å². The van der Waals surface area contributed by atoms with Crippen LogP contribution in [0.3, 0.4) is 0 Å². The third-order valence-corrected chi connectivity index (χ3v) is 5.60. The largest absolute Gasteiger partial charge is 0.379 e. The number of aromatic nitrogens is 2. The topological polar surface area (TPSA) is 76.5 Å². The number of carbonyl (C=O) groups is 1. The van der Waals surface area contributed by atoms with E-state index in [0.29, 0.717) is 42.8 Å². The van der Waals surface area contributed by atoms with E-state index in [1.54, 1.807) is 12.1 Å². The van der Waals surface area contributed by atoms with Gasteiger partial charge >= 0.3 is 0 Å². The zero-order valence-corrected chi connectivity index (χ0v) is 17.7. The average Bonchev–Trinajstić information content (AvgIpc) is 2.74. The van der Waals surface area contributed by atoms with Gasteiger partial charge in [0.2, 0.25) is 0 Å². The number of nitrogens with zero attached hydrogens (tertiary/aromatic N) is 3. The summed E-state index contributed by atoms with van der Waals surface area (Å²) in [6.07, 6.45) is 2.95. The summed E-state index contributed by atoms with van der Waals surface area (Å²) in [5, 5.41) is 8.63. The van der Waals surface area contributed by atoms with Gasteiger partial charge in [-0.3, -0.25) is 14.5 Å². The Morgan fingerprint density at radius 2 is 1.86 bits per heavy atom. The number of hydrogen-bond donors (Lipinski definition) is 1. The van der Waals surface area contributed by atoms with Gasteiger partial charge in [0.25, 0.3) is 11.5 Å². The number of morpholine rings is 1. The van der Waals surface area contributed by atoms with Crippen LogP contribution < -0.4 is 10.9 Å². The molecule has 158 valence electrons. The van der Waals surface area contributed by atoms with E-state index < -0.39 is 0 Å². The Morgan fingerprint density at radius 1 is 1.17 bits per heavy atom. The third-order valence-electron chi connectivity index (χ3n) is 5.60. The monoisotopic (exact) mass is 400 g/mol. The number of rotatable bonds is 8. The lowest BCUT2D eigenvalue weighted by molar-refractivity contribution is -0.00924. The number of amides is 1. The summed E-state index contributed by atoms with van der Waals surface area (Å²) < 4.78 is 6.88. The zero-order valence-electron chi connectivity index (χ0n) is 17.7. The van der Waals surface area contributed by atoms with Gasteiger partial charge in [-0.25, -0.2) is 4.68 Å². The van der Waals surface area contributed by atoms with Crippen LogP contribution in [0, 0.1) is 0 Å². The standard InChI is InChI=1S/C22H32N4O3/c1-4-5-8-11-26-21(28)18-10-7-6-9-17(18)19(24-26)20(27)23-16-22(2,3)25-12-14-29-15-13-25/h6-7,9-10H,4-5,8,11-16H2,1-3H3,(H,23,27). The van der Waals surface area contributed by atoms with Crippen molar-refractivity contribution in [2.45, 2.75) is 52.1 Å². The summed E-state index contributed by atoms with van der Waals surface area (Å²) in [6, 6.07) is 7.22. The molecule has 2 heterocycles. The number of carbonyl (C=O) groups excluding carboxylic acids is 1. The summed E-state index contributed by atoms with van der Waals surface area (Å²) in [5.41, 5.74) is -0.0125. The van der Waals surface area contributed by atoms with E-state index in [0.717, 1.165) is 32.4 Å². The van der Waals surface area contributed by atoms with Gasteiger partial charge in [-0.05, 0) is 26.3 Å². The van der Waals surface area contributed by atoms with Crippen molar-refractivity contribution in [3.63, 3.8) is 0 Å². The molecule has 1 fully saturated rings. The maximum Gasteiger partial charge on any atom is 0.274 e. The molecule has 3 rings (SSSR count). The van der Waals surface area contributed by atoms with Gasteiger partial charge in [-0.1, -0.05) is 38.0 Å². The smallest absolute Gasteiger partial charge is 0.274 e. The molecule has 1 amide bonds. The molecule has 0 atom stereocenters. The highest BCUT2D eigenvalue weighted by molar-refractivity contribution is 6.04. The number of ether oxygens (including phenoxy) is 1. The van der Waals surface area contributed by atoms with Crippen LogP contribution in [0.25, 0.3) is 10.8 Å². The maximum atomic E-state index is 13.0. The second-order valence-corrected chi connectivity index (χ2v) is 8.22. The molecule has 0 spiro atoms. The molecule has 2 aromatic rings. The molecule has 0 radical (unpaired) electrons. The Labute approximate surface area is 172 Å². The Balaban J connectivity index is 1.82. The molecule has 1 aromatic heterocycles. The van der Waals surface area contributed by atoms with Crippen LogP contribution in [-0.4, -0.2) is 59.0 Å². The Bertz CT molecular complexity index is 901. The summed E-state index contributed by atoms with van der Waals surface area (Å²) >= 11 is 0. The Kier molecular flexibility index (Phi) is 7.03. The van der Waals surface area contributed by atoms with Gasteiger partial charge in [0.05, 0.1) is 18.6 Å². The highest BCUT2D eigenvalue weighted by Gasteiger charge is 2.29. The van der Waals surface area contributed by atoms with Crippen molar-refractivity contribution in [2.24, 2.45) is 0 Å². The summed E-state index contributed by atoms with van der Waals surface area (Å²) in [7, 11) is 0. The molecule has 1 aliphatic rings. The van der Waals surface area contributed by atoms with Gasteiger partial charge in [-0.15, -0.1) is 0 Å². The van der Waals surface area contributed by atoms with Gasteiger partial charge in [-0.2, -0.15) is 5.10 Å². The van der Waals surface area contributed by atoms with Crippen molar-refractivity contribution in [3.05, 3.63) is 40.3 Å². The predicted octanol–water partition coefficient (Wildman–Crippen LogP) is 2.43. The fraction of sp³-hybridized carbons (Fsp3) is 0.591. The molecule has 7 heteroatoms. The first-order valence-corrected chi connectivity index (χ1v) is 10.5. The first-order valence-electron chi connectivity index (χ1n) is 10.5. The number of fused-ring (bicyclic) bond motifs is 1. The molecule has 1 aliphatic heterocycles. The number of benzene rings is 1. The van der Waals surface area contributed by atoms with Crippen molar-refractivity contribution in [1.29, 1.82) is 0 Å². The van der Waals surface area contributed by atoms with E-state index in [2.05, 4.69) is 36.1 Å². The molecule has 1 saturated heterocycles. The zero-order chi connectivity index (χ0) is 20.9. The molecule has 1 aromatic carbocycles. The van der Waals surface area contributed by atoms with Crippen molar-refractivity contribution < 1.29 is 9.53 Å². The van der Waals surface area contributed by atoms with Gasteiger partial charge in [0.1, 0.15) is 0 Å². The molecular formula is C22H32N4O3. The van der Waals surface area contributed by atoms with Crippen molar-refractivity contribution in [2.75, 3.05) is 32.8 Å². The summed E-state index contributed by atoms with van der Waals surface area (Å²) in [4.78, 5) is 28.1. The number of unbranched alkanes of at least 4 members (excludes halogenated alkanes) is 2. The van der Waals surface area contributed by atoms with E-state index in [1.807, 2.05) is 12.1 Å². The van der Waals surface area contributed by atoms with Gasteiger partial charge in [0.15, 0.2) is 5.69 Å². The summed E-state index contributed by atoms with van der Waals surface area (Å²) in [6.45, 7) is 10.5. The average molecular weight is 401 g/mol. The summed E-state index contributed by atoms with van der Waals surface area (Å²) in [5.74, 6) is -0.244. The Hall–Kier alpha value is -2.25. The van der Waals surface area contributed by atoms with E-state index in [4.69, 9.17) is 4.74 Å². The van der Waals surface area contributed by atoms with Crippen molar-refractivity contribution in [3.8, 4) is 0 Å². The molecule has 0 unspecified atom stereocenters. The minimum absolute atomic E-state index is 0.137. The lowest BCUT2D eigenvalue weighted by Gasteiger charge is -2.40. The molecule has 0 bridgehead atoms. The van der Waals surface area contributed by atoms with Crippen molar-refractivity contribution >= 4 is 16.7 Å². The van der Waals surface area contributed by atoms with E-state index in [9.17, 15) is 9.59 Å². The quantitative estimate of drug-likeness (QED) is 0.689. The predicted molar refractivity (Wildman–Crippen MR) is 114 cm³/mol. The first kappa shape index (κ1) is 21.5. The molecule has 29 heavy (non-hydrogen) atoms. The molecule has 0 aliphatic carbocycles. The number of nitrogens with one attached hydrogen (secondary N) is 1. The first-order chi connectivity index (χ1) is 13.9. The van der Waals surface area contributed by atoms with Crippen LogP contribution in [0.15, 0.2) is 29.1 Å².